The fraction of sp³-hybridized carbons (Fsp3) is 0.231. The Balaban J connectivity index is 1.81. The molecule has 38 heavy (non-hydrogen) atoms. The first kappa shape index (κ1) is 27.4. The van der Waals surface area contributed by atoms with Crippen molar-refractivity contribution in [3.05, 3.63) is 93.0 Å². The molecule has 2 atom stereocenters. The zero-order valence-corrected chi connectivity index (χ0v) is 22.5. The molecule has 2 unspecified atom stereocenters. The maximum Gasteiger partial charge on any atom is 0.434 e. The predicted octanol–water partition coefficient (Wildman–Crippen LogP) is 4.97. The first-order valence-electron chi connectivity index (χ1n) is 11.4. The number of sulfonamides is 1. The van der Waals surface area contributed by atoms with Crippen LogP contribution in [0, 0.1) is 12.7 Å². The van der Waals surface area contributed by atoms with Gasteiger partial charge in [-0.2, -0.15) is 4.72 Å². The van der Waals surface area contributed by atoms with Crippen molar-refractivity contribution in [2.45, 2.75) is 30.7 Å². The van der Waals surface area contributed by atoms with E-state index < -0.39 is 33.6 Å². The summed E-state index contributed by atoms with van der Waals surface area (Å²) in [4.78, 5) is 11.6. The van der Waals surface area contributed by atoms with Crippen LogP contribution in [0.4, 0.5) is 4.39 Å². The molecule has 0 aliphatic rings. The Labute approximate surface area is 223 Å². The molecule has 0 fully saturated rings. The topological polar surface area (TPSA) is 124 Å². The summed E-state index contributed by atoms with van der Waals surface area (Å²) in [5, 5.41) is 6.24. The molecule has 0 aliphatic carbocycles. The number of hydrogen-bond acceptors (Lipinski definition) is 7. The van der Waals surface area contributed by atoms with Crippen LogP contribution in [0.15, 0.2) is 68.7 Å². The SMILES string of the molecule is COc1ccc(-c2ccc(F)c(C(C)C(NS(=O)(=O)c3ccc(Cl)cc3OC)c3n[nH]c(=O)o3)c2C)cc1. The lowest BCUT2D eigenvalue weighted by Crippen LogP contribution is -2.33. The first-order valence-corrected chi connectivity index (χ1v) is 13.3. The molecule has 4 aromatic rings. The molecule has 0 radical (unpaired) electrons. The van der Waals surface area contributed by atoms with E-state index in [1.54, 1.807) is 39.2 Å². The number of aromatic nitrogens is 2. The molecule has 0 aliphatic heterocycles. The minimum absolute atomic E-state index is 0.00347. The number of rotatable bonds is 9. The molecule has 0 spiro atoms. The van der Waals surface area contributed by atoms with Crippen molar-refractivity contribution in [1.82, 2.24) is 14.9 Å². The van der Waals surface area contributed by atoms with Gasteiger partial charge in [-0.3, -0.25) is 0 Å². The highest BCUT2D eigenvalue weighted by Gasteiger charge is 2.34. The van der Waals surface area contributed by atoms with Gasteiger partial charge in [-0.1, -0.05) is 36.7 Å². The second-order valence-corrected chi connectivity index (χ2v) is 10.6. The Morgan fingerprint density at radius 1 is 1.08 bits per heavy atom. The Morgan fingerprint density at radius 2 is 1.79 bits per heavy atom. The second kappa shape index (κ2) is 11.0. The molecule has 2 N–H and O–H groups in total. The van der Waals surface area contributed by atoms with E-state index in [2.05, 4.69) is 14.9 Å². The first-order chi connectivity index (χ1) is 18.1. The van der Waals surface area contributed by atoms with Gasteiger partial charge in [0.25, 0.3) is 0 Å². The van der Waals surface area contributed by atoms with Crippen molar-refractivity contribution in [3.63, 3.8) is 0 Å². The quantitative estimate of drug-likeness (QED) is 0.296. The number of ether oxygens (including phenoxy) is 2. The predicted molar refractivity (Wildman–Crippen MR) is 140 cm³/mol. The molecule has 0 amide bonds. The molecular weight excluding hydrogens is 537 g/mol. The Kier molecular flexibility index (Phi) is 7.91. The highest BCUT2D eigenvalue weighted by molar-refractivity contribution is 7.89. The molecule has 200 valence electrons. The molecule has 0 saturated heterocycles. The number of halogens is 2. The maximum absolute atomic E-state index is 15.4. The molecule has 0 bridgehead atoms. The minimum Gasteiger partial charge on any atom is -0.497 e. The Bertz CT molecular complexity index is 1620. The number of nitrogens with zero attached hydrogens (tertiary/aromatic N) is 1. The summed E-state index contributed by atoms with van der Waals surface area (Å²) in [6.07, 6.45) is 0. The van der Waals surface area contributed by atoms with Crippen LogP contribution in [0.2, 0.25) is 5.02 Å². The van der Waals surface area contributed by atoms with Crippen molar-refractivity contribution in [1.29, 1.82) is 0 Å². The molecular formula is C26H25ClFN3O6S. The zero-order chi connectivity index (χ0) is 27.6. The average molecular weight is 562 g/mol. The summed E-state index contributed by atoms with van der Waals surface area (Å²) in [6, 6.07) is 13.0. The standard InChI is InChI=1S/C26H25ClFN3O6S/c1-14-19(16-5-8-18(35-3)9-6-16)10-11-20(28)23(14)15(2)24(25-29-30-26(32)37-25)31-38(33,34)22-12-7-17(27)13-21(22)36-4/h5-13,15,24,31H,1-4H3,(H,30,32). The van der Waals surface area contributed by atoms with E-state index in [1.807, 2.05) is 12.1 Å². The third-order valence-corrected chi connectivity index (χ3v) is 7.95. The van der Waals surface area contributed by atoms with Gasteiger partial charge in [0.05, 0.1) is 14.2 Å². The molecule has 12 heteroatoms. The summed E-state index contributed by atoms with van der Waals surface area (Å²) in [5.74, 6) is -1.89. The maximum atomic E-state index is 15.4. The van der Waals surface area contributed by atoms with Crippen molar-refractivity contribution in [2.24, 2.45) is 0 Å². The van der Waals surface area contributed by atoms with Crippen molar-refractivity contribution in [2.75, 3.05) is 14.2 Å². The van der Waals surface area contributed by atoms with Crippen LogP contribution in [0.3, 0.4) is 0 Å². The minimum atomic E-state index is -4.29. The lowest BCUT2D eigenvalue weighted by molar-refractivity contribution is 0.374. The van der Waals surface area contributed by atoms with Crippen molar-refractivity contribution >= 4 is 21.6 Å². The van der Waals surface area contributed by atoms with E-state index in [0.29, 0.717) is 11.3 Å². The molecule has 0 saturated carbocycles. The third-order valence-electron chi connectivity index (χ3n) is 6.24. The Hall–Kier alpha value is -3.67. The highest BCUT2D eigenvalue weighted by atomic mass is 35.5. The lowest BCUT2D eigenvalue weighted by atomic mass is 9.86. The lowest BCUT2D eigenvalue weighted by Gasteiger charge is -2.25. The summed E-state index contributed by atoms with van der Waals surface area (Å²) < 4.78 is 60.4. The van der Waals surface area contributed by atoms with E-state index in [9.17, 15) is 13.2 Å². The van der Waals surface area contributed by atoms with Gasteiger partial charge in [-0.15, -0.1) is 5.10 Å². The fourth-order valence-corrected chi connectivity index (χ4v) is 5.92. The number of H-pyrrole nitrogens is 1. The van der Waals surface area contributed by atoms with Gasteiger partial charge in [-0.25, -0.2) is 22.7 Å². The van der Waals surface area contributed by atoms with Gasteiger partial charge in [0.15, 0.2) is 0 Å². The van der Waals surface area contributed by atoms with Gasteiger partial charge in [0.1, 0.15) is 28.3 Å². The molecule has 4 rings (SSSR count). The van der Waals surface area contributed by atoms with Gasteiger partial charge in [-0.05, 0) is 59.5 Å². The van der Waals surface area contributed by atoms with Gasteiger partial charge >= 0.3 is 5.76 Å². The molecule has 3 aromatic carbocycles. The summed E-state index contributed by atoms with van der Waals surface area (Å²) >= 11 is 5.99. The zero-order valence-electron chi connectivity index (χ0n) is 20.9. The van der Waals surface area contributed by atoms with Crippen LogP contribution in [0.1, 0.15) is 35.9 Å². The fourth-order valence-electron chi connectivity index (χ4n) is 4.34. The molecule has 1 heterocycles. The number of nitrogens with one attached hydrogen (secondary N) is 2. The van der Waals surface area contributed by atoms with Gasteiger partial charge in [0.2, 0.25) is 15.9 Å². The molecule has 9 nitrogen and oxygen atoms in total. The van der Waals surface area contributed by atoms with Gasteiger partial charge < -0.3 is 13.9 Å². The molecule has 1 aromatic heterocycles. The van der Waals surface area contributed by atoms with E-state index >= 15 is 4.39 Å². The van der Waals surface area contributed by atoms with Crippen LogP contribution in [0.25, 0.3) is 11.1 Å². The smallest absolute Gasteiger partial charge is 0.434 e. The van der Waals surface area contributed by atoms with Crippen LogP contribution in [0.5, 0.6) is 11.5 Å². The van der Waals surface area contributed by atoms with Gasteiger partial charge in [0, 0.05) is 17.0 Å². The highest BCUT2D eigenvalue weighted by Crippen LogP contribution is 2.39. The normalized spacial score (nSPS) is 13.2. The van der Waals surface area contributed by atoms with E-state index in [4.69, 9.17) is 25.5 Å². The second-order valence-electron chi connectivity index (χ2n) is 8.50. The summed E-state index contributed by atoms with van der Waals surface area (Å²) in [5.41, 5.74) is 2.35. The van der Waals surface area contributed by atoms with Crippen LogP contribution in [-0.4, -0.2) is 32.8 Å². The number of methoxy groups -OCH3 is 2. The van der Waals surface area contributed by atoms with E-state index in [1.165, 1.54) is 31.4 Å². The summed E-state index contributed by atoms with van der Waals surface area (Å²) in [6.45, 7) is 3.35. The van der Waals surface area contributed by atoms with Crippen molar-refractivity contribution in [3.8, 4) is 22.6 Å². The largest absolute Gasteiger partial charge is 0.497 e. The van der Waals surface area contributed by atoms with Crippen molar-refractivity contribution < 1.29 is 26.7 Å². The summed E-state index contributed by atoms with van der Waals surface area (Å²) in [7, 11) is -1.42. The average Bonchev–Trinajstić information content (AvgIpc) is 3.33. The van der Waals surface area contributed by atoms with Crippen LogP contribution < -0.4 is 20.0 Å². The third kappa shape index (κ3) is 5.45. The van der Waals surface area contributed by atoms with E-state index in [0.717, 1.165) is 11.1 Å². The monoisotopic (exact) mass is 561 g/mol. The number of aromatic amines is 1. The van der Waals surface area contributed by atoms with Crippen LogP contribution in [-0.2, 0) is 10.0 Å². The van der Waals surface area contributed by atoms with E-state index in [-0.39, 0.29) is 27.1 Å². The number of hydrogen-bond donors (Lipinski definition) is 2. The van der Waals surface area contributed by atoms with Crippen LogP contribution >= 0.6 is 11.6 Å². The number of benzene rings is 3. The Morgan fingerprint density at radius 3 is 2.39 bits per heavy atom.